The molecule has 0 aromatic heterocycles. The first-order valence-electron chi connectivity index (χ1n) is 12.4. The molecule has 0 saturated heterocycles. The van der Waals surface area contributed by atoms with Gasteiger partial charge in [-0.2, -0.15) is 0 Å². The van der Waals surface area contributed by atoms with Crippen LogP contribution in [0.5, 0.6) is 11.5 Å². The van der Waals surface area contributed by atoms with Crippen molar-refractivity contribution in [1.29, 1.82) is 0 Å². The third-order valence-electron chi connectivity index (χ3n) is 5.25. The molecule has 186 valence electrons. The van der Waals surface area contributed by atoms with Crippen molar-refractivity contribution in [3.8, 4) is 11.5 Å². The molecule has 0 spiro atoms. The molecule has 6 heteroatoms. The second-order valence-electron chi connectivity index (χ2n) is 8.33. The van der Waals surface area contributed by atoms with E-state index in [2.05, 4.69) is 9.98 Å². The van der Waals surface area contributed by atoms with Crippen LogP contribution in [-0.2, 0) is 9.59 Å². The maximum Gasteiger partial charge on any atom is 0.311 e. The summed E-state index contributed by atoms with van der Waals surface area (Å²) >= 11 is 0. The van der Waals surface area contributed by atoms with Crippen molar-refractivity contribution in [2.75, 3.05) is 0 Å². The zero-order valence-corrected chi connectivity index (χ0v) is 20.9. The normalized spacial score (nSPS) is 11.2. The number of carbonyl (C=O) groups excluding carboxylic acids is 2. The van der Waals surface area contributed by atoms with E-state index in [1.165, 1.54) is 0 Å². The molecular formula is C30H32N2O4. The van der Waals surface area contributed by atoms with E-state index in [1.54, 1.807) is 36.7 Å². The standard InChI is InChI=1S/C30H32N2O4/c1-3-5-10-29(33)35-27-16-12-23(13-17-27)21-31-25-8-7-9-26(20-25)32-22-24-14-18-28(19-15-24)36-30(34)11-6-4-2/h7-9,12-22H,3-6,10-11H2,1-2H3. The highest BCUT2D eigenvalue weighted by Crippen LogP contribution is 2.21. The summed E-state index contributed by atoms with van der Waals surface area (Å²) in [6.45, 7) is 4.08. The van der Waals surface area contributed by atoms with Gasteiger partial charge in [0.05, 0.1) is 11.4 Å². The third kappa shape index (κ3) is 9.29. The predicted octanol–water partition coefficient (Wildman–Crippen LogP) is 7.38. The maximum absolute atomic E-state index is 11.7. The lowest BCUT2D eigenvalue weighted by Crippen LogP contribution is -2.07. The average Bonchev–Trinajstić information content (AvgIpc) is 2.90. The molecule has 0 saturated carbocycles. The summed E-state index contributed by atoms with van der Waals surface area (Å²) in [4.78, 5) is 32.6. The summed E-state index contributed by atoms with van der Waals surface area (Å²) < 4.78 is 10.7. The van der Waals surface area contributed by atoms with Crippen molar-refractivity contribution in [3.05, 3.63) is 83.9 Å². The minimum atomic E-state index is -0.211. The van der Waals surface area contributed by atoms with Crippen LogP contribution in [0.15, 0.2) is 82.8 Å². The molecular weight excluding hydrogens is 452 g/mol. The van der Waals surface area contributed by atoms with Crippen LogP contribution < -0.4 is 9.47 Å². The highest BCUT2D eigenvalue weighted by molar-refractivity contribution is 5.84. The zero-order chi connectivity index (χ0) is 25.6. The molecule has 6 nitrogen and oxygen atoms in total. The van der Waals surface area contributed by atoms with Crippen LogP contribution in [0.3, 0.4) is 0 Å². The van der Waals surface area contributed by atoms with E-state index in [0.29, 0.717) is 24.3 Å². The van der Waals surface area contributed by atoms with E-state index in [-0.39, 0.29) is 11.9 Å². The third-order valence-corrected chi connectivity index (χ3v) is 5.25. The lowest BCUT2D eigenvalue weighted by Gasteiger charge is -2.04. The molecule has 0 unspecified atom stereocenters. The number of ether oxygens (including phenoxy) is 2. The minimum Gasteiger partial charge on any atom is -0.427 e. The topological polar surface area (TPSA) is 77.3 Å². The quantitative estimate of drug-likeness (QED) is 0.153. The summed E-state index contributed by atoms with van der Waals surface area (Å²) in [5, 5.41) is 0. The molecule has 3 aromatic carbocycles. The van der Waals surface area contributed by atoms with E-state index in [1.807, 2.05) is 62.4 Å². The van der Waals surface area contributed by atoms with Gasteiger partial charge in [0.25, 0.3) is 0 Å². The highest BCUT2D eigenvalue weighted by Gasteiger charge is 2.05. The van der Waals surface area contributed by atoms with Gasteiger partial charge in [0.1, 0.15) is 11.5 Å². The fraction of sp³-hybridized carbons (Fsp3) is 0.267. The molecule has 0 N–H and O–H groups in total. The lowest BCUT2D eigenvalue weighted by molar-refractivity contribution is -0.135. The lowest BCUT2D eigenvalue weighted by atomic mass is 10.2. The number of rotatable bonds is 12. The summed E-state index contributed by atoms with van der Waals surface area (Å²) in [6, 6.07) is 22.1. The Balaban J connectivity index is 1.55. The van der Waals surface area contributed by atoms with E-state index < -0.39 is 0 Å². The smallest absolute Gasteiger partial charge is 0.311 e. The van der Waals surface area contributed by atoms with E-state index >= 15 is 0 Å². The number of hydrogen-bond donors (Lipinski definition) is 0. The SMILES string of the molecule is CCCCC(=O)Oc1ccc(C=Nc2cccc(N=Cc3ccc(OC(=O)CCCC)cc3)c2)cc1. The molecule has 0 radical (unpaired) electrons. The van der Waals surface area contributed by atoms with Crippen LogP contribution >= 0.6 is 0 Å². The van der Waals surface area contributed by atoms with Crippen molar-refractivity contribution in [1.82, 2.24) is 0 Å². The van der Waals surface area contributed by atoms with Crippen LogP contribution in [0.25, 0.3) is 0 Å². The Kier molecular flexibility index (Phi) is 10.6. The molecule has 3 aromatic rings. The molecule has 0 atom stereocenters. The van der Waals surface area contributed by atoms with Gasteiger partial charge >= 0.3 is 11.9 Å². The van der Waals surface area contributed by atoms with Crippen molar-refractivity contribution in [3.63, 3.8) is 0 Å². The average molecular weight is 485 g/mol. The first-order valence-corrected chi connectivity index (χ1v) is 12.4. The summed E-state index contributed by atoms with van der Waals surface area (Å²) in [5.41, 5.74) is 3.34. The molecule has 0 heterocycles. The van der Waals surface area contributed by atoms with Crippen molar-refractivity contribution < 1.29 is 19.1 Å². The monoisotopic (exact) mass is 484 g/mol. The molecule has 36 heavy (non-hydrogen) atoms. The number of unbranched alkanes of at least 4 members (excludes halogenated alkanes) is 2. The molecule has 3 rings (SSSR count). The molecule has 0 aliphatic heterocycles. The Morgan fingerprint density at radius 3 is 1.47 bits per heavy atom. The van der Waals surface area contributed by atoms with Crippen LogP contribution in [0, 0.1) is 0 Å². The Morgan fingerprint density at radius 2 is 1.08 bits per heavy atom. The minimum absolute atomic E-state index is 0.211. The van der Waals surface area contributed by atoms with Crippen molar-refractivity contribution in [2.45, 2.75) is 52.4 Å². The van der Waals surface area contributed by atoms with Gasteiger partial charge in [-0.05, 0) is 90.7 Å². The Morgan fingerprint density at radius 1 is 0.667 bits per heavy atom. The van der Waals surface area contributed by atoms with E-state index in [9.17, 15) is 9.59 Å². The van der Waals surface area contributed by atoms with Gasteiger partial charge in [-0.1, -0.05) is 32.8 Å². The number of nitrogens with zero attached hydrogens (tertiary/aromatic N) is 2. The molecule has 0 bridgehead atoms. The summed E-state index contributed by atoms with van der Waals surface area (Å²) in [7, 11) is 0. The van der Waals surface area contributed by atoms with Crippen LogP contribution in [0.1, 0.15) is 63.5 Å². The molecule has 0 fully saturated rings. The highest BCUT2D eigenvalue weighted by atomic mass is 16.5. The number of carbonyl (C=O) groups is 2. The van der Waals surface area contributed by atoms with Gasteiger partial charge in [-0.25, -0.2) is 0 Å². The van der Waals surface area contributed by atoms with Crippen LogP contribution in [0.4, 0.5) is 11.4 Å². The second-order valence-corrected chi connectivity index (χ2v) is 8.33. The van der Waals surface area contributed by atoms with Crippen LogP contribution in [0.2, 0.25) is 0 Å². The fourth-order valence-corrected chi connectivity index (χ4v) is 3.20. The number of benzene rings is 3. The van der Waals surface area contributed by atoms with E-state index in [0.717, 1.165) is 48.2 Å². The molecule has 0 aliphatic rings. The largest absolute Gasteiger partial charge is 0.427 e. The number of aliphatic imine (C=N–C) groups is 2. The van der Waals surface area contributed by atoms with Gasteiger partial charge in [0, 0.05) is 25.3 Å². The van der Waals surface area contributed by atoms with Crippen LogP contribution in [-0.4, -0.2) is 24.4 Å². The fourth-order valence-electron chi connectivity index (χ4n) is 3.20. The zero-order valence-electron chi connectivity index (χ0n) is 20.9. The summed E-state index contributed by atoms with van der Waals surface area (Å²) in [6.07, 6.45) is 7.95. The van der Waals surface area contributed by atoms with Gasteiger partial charge in [-0.3, -0.25) is 19.6 Å². The van der Waals surface area contributed by atoms with Gasteiger partial charge in [-0.15, -0.1) is 0 Å². The predicted molar refractivity (Wildman–Crippen MR) is 144 cm³/mol. The van der Waals surface area contributed by atoms with Gasteiger partial charge in [0.15, 0.2) is 0 Å². The van der Waals surface area contributed by atoms with Crippen molar-refractivity contribution in [2.24, 2.45) is 9.98 Å². The Hall–Kier alpha value is -4.06. The Bertz CT molecular complexity index is 1090. The van der Waals surface area contributed by atoms with E-state index in [4.69, 9.17) is 9.47 Å². The second kappa shape index (κ2) is 14.4. The number of esters is 2. The first-order chi connectivity index (χ1) is 17.6. The maximum atomic E-state index is 11.7. The van der Waals surface area contributed by atoms with Gasteiger partial charge in [0.2, 0.25) is 0 Å². The van der Waals surface area contributed by atoms with Gasteiger partial charge < -0.3 is 9.47 Å². The van der Waals surface area contributed by atoms with Crippen molar-refractivity contribution >= 4 is 35.7 Å². The first kappa shape index (κ1) is 26.5. The Labute approximate surface area is 212 Å². The molecule has 0 aliphatic carbocycles. The molecule has 0 amide bonds. The summed E-state index contributed by atoms with van der Waals surface area (Å²) in [5.74, 6) is 0.648. The number of hydrogen-bond acceptors (Lipinski definition) is 6.